The van der Waals surface area contributed by atoms with E-state index in [-0.39, 0.29) is 13.2 Å². The molecule has 2 aromatic heterocycles. The maximum absolute atomic E-state index is 12.4. The van der Waals surface area contributed by atoms with Crippen molar-refractivity contribution in [1.29, 1.82) is 0 Å². The fourth-order valence-corrected chi connectivity index (χ4v) is 3.23. The molecule has 1 N–H and O–H groups in total. The van der Waals surface area contributed by atoms with Crippen molar-refractivity contribution in [1.82, 2.24) is 19.1 Å². The van der Waals surface area contributed by atoms with Crippen LogP contribution in [-0.2, 0) is 29.2 Å². The van der Waals surface area contributed by atoms with Crippen molar-refractivity contribution in [3.05, 3.63) is 56.5 Å². The van der Waals surface area contributed by atoms with Gasteiger partial charge in [0.05, 0.1) is 0 Å². The Kier molecular flexibility index (Phi) is 6.71. The van der Waals surface area contributed by atoms with Crippen molar-refractivity contribution in [2.75, 3.05) is 6.61 Å². The normalized spacial score (nSPS) is 11.0. The van der Waals surface area contributed by atoms with Crippen LogP contribution in [0.1, 0.15) is 38.1 Å². The van der Waals surface area contributed by atoms with Crippen LogP contribution in [0.25, 0.3) is 11.2 Å². The SMILES string of the molecule is CCCCn1c(=O)[nH]c(=O)c2c1nc(COC(=O)COc1cccc(C)c1)n2CC. The lowest BCUT2D eigenvalue weighted by molar-refractivity contribution is -0.147. The number of carbonyl (C=O) groups excluding carboxylic acids is 1. The second-order valence-electron chi connectivity index (χ2n) is 6.97. The number of esters is 1. The molecule has 9 nitrogen and oxygen atoms in total. The molecule has 3 aromatic rings. The second-order valence-corrected chi connectivity index (χ2v) is 6.97. The van der Waals surface area contributed by atoms with E-state index in [9.17, 15) is 14.4 Å². The summed E-state index contributed by atoms with van der Waals surface area (Å²) in [5.41, 5.74) is 0.641. The number of aromatic amines is 1. The number of unbranched alkanes of at least 4 members (excludes halogenated alkanes) is 1. The van der Waals surface area contributed by atoms with E-state index in [2.05, 4.69) is 9.97 Å². The van der Waals surface area contributed by atoms with Gasteiger partial charge in [-0.2, -0.15) is 0 Å². The van der Waals surface area contributed by atoms with E-state index in [1.54, 1.807) is 10.6 Å². The average molecular weight is 414 g/mol. The van der Waals surface area contributed by atoms with Crippen LogP contribution in [0.4, 0.5) is 0 Å². The minimum atomic E-state index is -0.552. The molecule has 160 valence electrons. The van der Waals surface area contributed by atoms with Gasteiger partial charge >= 0.3 is 11.7 Å². The standard InChI is InChI=1S/C21H26N4O5/c1-4-6-10-25-19-18(20(27)23-21(25)28)24(5-2)16(22-19)12-30-17(26)13-29-15-9-7-8-14(3)11-15/h7-9,11H,4-6,10,12-13H2,1-3H3,(H,23,27,28). The summed E-state index contributed by atoms with van der Waals surface area (Å²) in [5, 5.41) is 0. The number of hydrogen-bond acceptors (Lipinski definition) is 6. The quantitative estimate of drug-likeness (QED) is 0.538. The Morgan fingerprint density at radius 2 is 2.00 bits per heavy atom. The highest BCUT2D eigenvalue weighted by Crippen LogP contribution is 2.14. The molecule has 0 bridgehead atoms. The van der Waals surface area contributed by atoms with E-state index < -0.39 is 17.2 Å². The number of aromatic nitrogens is 4. The lowest BCUT2D eigenvalue weighted by Crippen LogP contribution is -2.31. The van der Waals surface area contributed by atoms with Crippen molar-refractivity contribution in [2.24, 2.45) is 0 Å². The van der Waals surface area contributed by atoms with Crippen molar-refractivity contribution in [3.8, 4) is 5.75 Å². The molecule has 0 saturated carbocycles. The van der Waals surface area contributed by atoms with Crippen molar-refractivity contribution >= 4 is 17.1 Å². The third-order valence-electron chi connectivity index (χ3n) is 4.72. The smallest absolute Gasteiger partial charge is 0.344 e. The Balaban J connectivity index is 1.78. The average Bonchev–Trinajstić information content (AvgIpc) is 3.09. The molecule has 0 radical (unpaired) electrons. The number of ether oxygens (including phenoxy) is 2. The maximum atomic E-state index is 12.4. The lowest BCUT2D eigenvalue weighted by Gasteiger charge is -2.08. The highest BCUT2D eigenvalue weighted by Gasteiger charge is 2.18. The topological polar surface area (TPSA) is 108 Å². The second kappa shape index (κ2) is 9.43. The van der Waals surface area contributed by atoms with Crippen LogP contribution in [0.3, 0.4) is 0 Å². The van der Waals surface area contributed by atoms with Crippen LogP contribution >= 0.6 is 0 Å². The van der Waals surface area contributed by atoms with E-state index in [1.807, 2.05) is 39.0 Å². The molecule has 0 aliphatic rings. The minimum Gasteiger partial charge on any atom is -0.482 e. The molecule has 0 amide bonds. The third kappa shape index (κ3) is 4.61. The Morgan fingerprint density at radius 3 is 2.70 bits per heavy atom. The number of aryl methyl sites for hydroxylation is 3. The van der Waals surface area contributed by atoms with Crippen molar-refractivity contribution in [2.45, 2.75) is 53.3 Å². The monoisotopic (exact) mass is 414 g/mol. The molecular weight excluding hydrogens is 388 g/mol. The molecule has 3 rings (SSSR count). The van der Waals surface area contributed by atoms with Gasteiger partial charge in [0.25, 0.3) is 5.56 Å². The van der Waals surface area contributed by atoms with Crippen LogP contribution < -0.4 is 16.0 Å². The van der Waals surface area contributed by atoms with Gasteiger partial charge in [0.1, 0.15) is 18.2 Å². The lowest BCUT2D eigenvalue weighted by atomic mass is 10.2. The first kappa shape index (κ1) is 21.4. The summed E-state index contributed by atoms with van der Waals surface area (Å²) in [6.07, 6.45) is 1.67. The number of fused-ring (bicyclic) bond motifs is 1. The maximum Gasteiger partial charge on any atom is 0.344 e. The van der Waals surface area contributed by atoms with Gasteiger partial charge in [-0.05, 0) is 38.0 Å². The minimum absolute atomic E-state index is 0.125. The zero-order valence-corrected chi connectivity index (χ0v) is 17.4. The molecule has 0 spiro atoms. The largest absolute Gasteiger partial charge is 0.482 e. The Morgan fingerprint density at radius 1 is 1.20 bits per heavy atom. The van der Waals surface area contributed by atoms with Gasteiger partial charge in [-0.25, -0.2) is 14.6 Å². The molecule has 0 aliphatic heterocycles. The number of nitrogens with zero attached hydrogens (tertiary/aromatic N) is 3. The molecule has 1 aromatic carbocycles. The summed E-state index contributed by atoms with van der Waals surface area (Å²) in [6, 6.07) is 7.36. The molecule has 0 atom stereocenters. The first-order valence-corrected chi connectivity index (χ1v) is 10.0. The van der Waals surface area contributed by atoms with E-state index >= 15 is 0 Å². The highest BCUT2D eigenvalue weighted by molar-refractivity contribution is 5.72. The van der Waals surface area contributed by atoms with Crippen molar-refractivity contribution in [3.63, 3.8) is 0 Å². The van der Waals surface area contributed by atoms with Gasteiger partial charge in [-0.1, -0.05) is 25.5 Å². The zero-order valence-electron chi connectivity index (χ0n) is 17.4. The number of carbonyl (C=O) groups is 1. The molecule has 30 heavy (non-hydrogen) atoms. The third-order valence-corrected chi connectivity index (χ3v) is 4.72. The van der Waals surface area contributed by atoms with E-state index in [0.717, 1.165) is 18.4 Å². The number of imidazole rings is 1. The molecule has 0 aliphatic carbocycles. The Hall–Kier alpha value is -3.36. The molecular formula is C21H26N4O5. The van der Waals surface area contributed by atoms with Gasteiger partial charge in [0.2, 0.25) is 0 Å². The summed E-state index contributed by atoms with van der Waals surface area (Å²) in [5.74, 6) is 0.431. The number of nitrogens with one attached hydrogen (secondary N) is 1. The zero-order chi connectivity index (χ0) is 21.7. The number of rotatable bonds is 9. The summed E-state index contributed by atoms with van der Waals surface area (Å²) < 4.78 is 13.9. The Bertz CT molecular complexity index is 1160. The number of H-pyrrole nitrogens is 1. The van der Waals surface area contributed by atoms with Crippen LogP contribution in [0.15, 0.2) is 33.9 Å². The first-order chi connectivity index (χ1) is 14.4. The summed E-state index contributed by atoms with van der Waals surface area (Å²) in [4.78, 5) is 43.5. The van der Waals surface area contributed by atoms with Gasteiger partial charge in [0, 0.05) is 13.1 Å². The molecule has 0 fully saturated rings. The van der Waals surface area contributed by atoms with E-state index in [1.165, 1.54) is 4.57 Å². The first-order valence-electron chi connectivity index (χ1n) is 10.0. The van der Waals surface area contributed by atoms with Crippen LogP contribution in [0.2, 0.25) is 0 Å². The molecule has 9 heteroatoms. The summed E-state index contributed by atoms with van der Waals surface area (Å²) >= 11 is 0. The highest BCUT2D eigenvalue weighted by atomic mass is 16.6. The van der Waals surface area contributed by atoms with E-state index in [4.69, 9.17) is 9.47 Å². The van der Waals surface area contributed by atoms with Crippen LogP contribution in [-0.4, -0.2) is 31.7 Å². The fraction of sp³-hybridized carbons (Fsp3) is 0.429. The van der Waals surface area contributed by atoms with Crippen molar-refractivity contribution < 1.29 is 14.3 Å². The van der Waals surface area contributed by atoms with Crippen LogP contribution in [0.5, 0.6) is 5.75 Å². The fourth-order valence-electron chi connectivity index (χ4n) is 3.23. The van der Waals surface area contributed by atoms with E-state index in [0.29, 0.717) is 35.8 Å². The predicted octanol–water partition coefficient (Wildman–Crippen LogP) is 2.14. The Labute approximate surface area is 173 Å². The number of hydrogen-bond donors (Lipinski definition) is 1. The molecule has 0 unspecified atom stereocenters. The van der Waals surface area contributed by atoms with Crippen LogP contribution in [0, 0.1) is 6.92 Å². The summed E-state index contributed by atoms with van der Waals surface area (Å²) in [7, 11) is 0. The van der Waals surface area contributed by atoms with Gasteiger partial charge in [-0.3, -0.25) is 14.3 Å². The van der Waals surface area contributed by atoms with Gasteiger partial charge in [-0.15, -0.1) is 0 Å². The number of benzene rings is 1. The molecule has 0 saturated heterocycles. The summed E-state index contributed by atoms with van der Waals surface area (Å²) in [6.45, 7) is 6.33. The predicted molar refractivity (Wildman–Crippen MR) is 112 cm³/mol. The van der Waals surface area contributed by atoms with Gasteiger partial charge in [0.15, 0.2) is 17.8 Å². The molecule has 2 heterocycles. The van der Waals surface area contributed by atoms with Gasteiger partial charge < -0.3 is 14.0 Å².